The van der Waals surface area contributed by atoms with E-state index in [2.05, 4.69) is 13.8 Å². The van der Waals surface area contributed by atoms with E-state index in [1.165, 1.54) is 51.4 Å². The SMILES string of the molecule is CCCCCCCCOCCOCCOCCOCCCC(=O)OCCCCCCC. The van der Waals surface area contributed by atoms with E-state index in [4.69, 9.17) is 23.7 Å². The highest BCUT2D eigenvalue weighted by Crippen LogP contribution is 2.05. The van der Waals surface area contributed by atoms with Crippen molar-refractivity contribution in [3.63, 3.8) is 0 Å². The van der Waals surface area contributed by atoms with Gasteiger partial charge in [-0.3, -0.25) is 4.79 Å². The molecule has 0 aliphatic heterocycles. The number of ether oxygens (including phenoxy) is 5. The number of unbranched alkanes of at least 4 members (excludes halogenated alkanes) is 9. The fourth-order valence-electron chi connectivity index (χ4n) is 3.03. The topological polar surface area (TPSA) is 63.2 Å². The molecule has 0 spiro atoms. The molecule has 0 unspecified atom stereocenters. The molecule has 0 atom stereocenters. The number of hydrogen-bond donors (Lipinski definition) is 0. The molecule has 0 fully saturated rings. The highest BCUT2D eigenvalue weighted by Gasteiger charge is 2.02. The van der Waals surface area contributed by atoms with Crippen molar-refractivity contribution in [1.82, 2.24) is 0 Å². The summed E-state index contributed by atoms with van der Waals surface area (Å²) in [5.74, 6) is -0.122. The van der Waals surface area contributed by atoms with Crippen LogP contribution in [0, 0.1) is 0 Å². The third-order valence-corrected chi connectivity index (χ3v) is 4.94. The summed E-state index contributed by atoms with van der Waals surface area (Å²) in [6, 6.07) is 0. The minimum atomic E-state index is -0.122. The first-order chi connectivity index (χ1) is 15.3. The van der Waals surface area contributed by atoms with Crippen LogP contribution in [-0.2, 0) is 28.5 Å². The molecule has 0 N–H and O–H groups in total. The van der Waals surface area contributed by atoms with Crippen LogP contribution >= 0.6 is 0 Å². The van der Waals surface area contributed by atoms with Gasteiger partial charge in [-0.15, -0.1) is 0 Å². The van der Waals surface area contributed by atoms with Crippen LogP contribution < -0.4 is 0 Å². The third-order valence-electron chi connectivity index (χ3n) is 4.94. The van der Waals surface area contributed by atoms with Crippen LogP contribution in [0.5, 0.6) is 0 Å². The fourth-order valence-corrected chi connectivity index (χ4v) is 3.03. The van der Waals surface area contributed by atoms with Crippen LogP contribution in [0.15, 0.2) is 0 Å². The third kappa shape index (κ3) is 27.3. The molecule has 6 heteroatoms. The van der Waals surface area contributed by atoms with E-state index in [0.717, 1.165) is 25.9 Å². The van der Waals surface area contributed by atoms with E-state index in [1.807, 2.05) is 0 Å². The van der Waals surface area contributed by atoms with Gasteiger partial charge in [0.25, 0.3) is 0 Å². The maximum Gasteiger partial charge on any atom is 0.305 e. The second-order valence-electron chi connectivity index (χ2n) is 7.96. The molecule has 0 aliphatic rings. The van der Waals surface area contributed by atoms with Crippen molar-refractivity contribution in [2.45, 2.75) is 97.3 Å². The summed E-state index contributed by atoms with van der Waals surface area (Å²) in [6.07, 6.45) is 14.7. The number of carbonyl (C=O) groups excluding carboxylic acids is 1. The Labute approximate surface area is 191 Å². The summed E-state index contributed by atoms with van der Waals surface area (Å²) in [7, 11) is 0. The molecule has 186 valence electrons. The van der Waals surface area contributed by atoms with Crippen molar-refractivity contribution in [2.24, 2.45) is 0 Å². The molecular formula is C25H50O6. The second kappa shape index (κ2) is 27.3. The van der Waals surface area contributed by atoms with Crippen LogP contribution in [0.25, 0.3) is 0 Å². The number of hydrogen-bond acceptors (Lipinski definition) is 6. The van der Waals surface area contributed by atoms with E-state index in [1.54, 1.807) is 0 Å². The van der Waals surface area contributed by atoms with E-state index < -0.39 is 0 Å². The van der Waals surface area contributed by atoms with Gasteiger partial charge in [-0.1, -0.05) is 71.6 Å². The van der Waals surface area contributed by atoms with Gasteiger partial charge in [-0.25, -0.2) is 0 Å². The zero-order valence-corrected chi connectivity index (χ0v) is 20.5. The lowest BCUT2D eigenvalue weighted by molar-refractivity contribution is -0.144. The minimum Gasteiger partial charge on any atom is -0.466 e. The van der Waals surface area contributed by atoms with Gasteiger partial charge in [0, 0.05) is 19.6 Å². The van der Waals surface area contributed by atoms with Crippen LogP contribution in [0.4, 0.5) is 0 Å². The van der Waals surface area contributed by atoms with E-state index in [0.29, 0.717) is 65.7 Å². The first-order valence-electron chi connectivity index (χ1n) is 12.8. The average molecular weight is 447 g/mol. The van der Waals surface area contributed by atoms with E-state index >= 15 is 0 Å². The number of esters is 1. The molecule has 31 heavy (non-hydrogen) atoms. The predicted octanol–water partition coefficient (Wildman–Crippen LogP) is 5.71. The molecule has 0 radical (unpaired) electrons. The highest BCUT2D eigenvalue weighted by molar-refractivity contribution is 5.69. The predicted molar refractivity (Wildman–Crippen MR) is 126 cm³/mol. The van der Waals surface area contributed by atoms with Crippen molar-refractivity contribution < 1.29 is 28.5 Å². The van der Waals surface area contributed by atoms with Gasteiger partial charge in [0.1, 0.15) is 0 Å². The molecular weight excluding hydrogens is 396 g/mol. The normalized spacial score (nSPS) is 11.2. The Hall–Kier alpha value is -0.690. The maximum atomic E-state index is 11.6. The molecule has 0 aliphatic carbocycles. The molecule has 0 aromatic rings. The summed E-state index contributed by atoms with van der Waals surface area (Å²) < 4.78 is 27.2. The van der Waals surface area contributed by atoms with Crippen LogP contribution in [0.3, 0.4) is 0 Å². The summed E-state index contributed by atoms with van der Waals surface area (Å²) in [4.78, 5) is 11.6. The first-order valence-corrected chi connectivity index (χ1v) is 12.8. The molecule has 0 aromatic carbocycles. The molecule has 0 saturated heterocycles. The molecule has 0 aromatic heterocycles. The van der Waals surface area contributed by atoms with Gasteiger partial charge < -0.3 is 23.7 Å². The Morgan fingerprint density at radius 1 is 0.452 bits per heavy atom. The summed E-state index contributed by atoms with van der Waals surface area (Å²) in [5, 5.41) is 0. The average Bonchev–Trinajstić information content (AvgIpc) is 2.77. The van der Waals surface area contributed by atoms with Crippen LogP contribution in [-0.4, -0.2) is 65.4 Å². The number of rotatable bonds is 26. The van der Waals surface area contributed by atoms with Crippen molar-refractivity contribution in [3.05, 3.63) is 0 Å². The van der Waals surface area contributed by atoms with Gasteiger partial charge in [0.15, 0.2) is 0 Å². The standard InChI is InChI=1S/C25H50O6/c1-3-5-7-9-11-12-16-27-19-21-29-23-24-30-22-20-28-17-14-15-25(26)31-18-13-10-8-6-4-2/h3-24H2,1-2H3. The minimum absolute atomic E-state index is 0.122. The van der Waals surface area contributed by atoms with E-state index in [-0.39, 0.29) is 5.97 Å². The Morgan fingerprint density at radius 2 is 0.839 bits per heavy atom. The largest absolute Gasteiger partial charge is 0.466 e. The van der Waals surface area contributed by atoms with Gasteiger partial charge in [-0.2, -0.15) is 0 Å². The number of carbonyl (C=O) groups is 1. The lowest BCUT2D eigenvalue weighted by Crippen LogP contribution is -2.12. The van der Waals surface area contributed by atoms with Crippen molar-refractivity contribution >= 4 is 5.97 Å². The fraction of sp³-hybridized carbons (Fsp3) is 0.960. The van der Waals surface area contributed by atoms with Crippen molar-refractivity contribution in [2.75, 3.05) is 59.5 Å². The van der Waals surface area contributed by atoms with Gasteiger partial charge in [0.2, 0.25) is 0 Å². The molecule has 0 rings (SSSR count). The Kier molecular flexibility index (Phi) is 26.7. The summed E-state index contributed by atoms with van der Waals surface area (Å²) in [6.45, 7) is 9.85. The molecule has 0 bridgehead atoms. The van der Waals surface area contributed by atoms with Crippen molar-refractivity contribution in [3.8, 4) is 0 Å². The zero-order chi connectivity index (χ0) is 22.7. The van der Waals surface area contributed by atoms with Gasteiger partial charge in [-0.05, 0) is 19.3 Å². The molecule has 0 heterocycles. The molecule has 6 nitrogen and oxygen atoms in total. The van der Waals surface area contributed by atoms with E-state index in [9.17, 15) is 4.79 Å². The maximum absolute atomic E-state index is 11.6. The highest BCUT2D eigenvalue weighted by atomic mass is 16.6. The quantitative estimate of drug-likeness (QED) is 0.125. The lowest BCUT2D eigenvalue weighted by atomic mass is 10.1. The zero-order valence-electron chi connectivity index (χ0n) is 20.5. The molecule has 0 saturated carbocycles. The van der Waals surface area contributed by atoms with Gasteiger partial charge in [0.05, 0.1) is 46.2 Å². The summed E-state index contributed by atoms with van der Waals surface area (Å²) in [5.41, 5.74) is 0. The Balaban J connectivity index is 3.09. The van der Waals surface area contributed by atoms with Gasteiger partial charge >= 0.3 is 5.97 Å². The molecule has 0 amide bonds. The second-order valence-corrected chi connectivity index (χ2v) is 7.96. The Bertz CT molecular complexity index is 351. The summed E-state index contributed by atoms with van der Waals surface area (Å²) >= 11 is 0. The van der Waals surface area contributed by atoms with Crippen molar-refractivity contribution in [1.29, 1.82) is 0 Å². The lowest BCUT2D eigenvalue weighted by Gasteiger charge is -2.08. The van der Waals surface area contributed by atoms with Crippen LogP contribution in [0.1, 0.15) is 97.3 Å². The Morgan fingerprint density at radius 3 is 1.35 bits per heavy atom. The first kappa shape index (κ1) is 30.3. The van der Waals surface area contributed by atoms with Crippen LogP contribution in [0.2, 0.25) is 0 Å². The smallest absolute Gasteiger partial charge is 0.305 e. The monoisotopic (exact) mass is 446 g/mol.